The van der Waals surface area contributed by atoms with Gasteiger partial charge in [-0.3, -0.25) is 0 Å². The number of thiocarbonyl (C=S) groups is 1. The van der Waals surface area contributed by atoms with Crippen LogP contribution >= 0.6 is 34.8 Å². The van der Waals surface area contributed by atoms with Gasteiger partial charge in [0.15, 0.2) is 0 Å². The number of halogens is 1. The Hall–Kier alpha value is 0.820. The van der Waals surface area contributed by atoms with E-state index in [9.17, 15) is 0 Å². The molecule has 0 N–H and O–H groups in total. The maximum Gasteiger partial charge on any atom is 0.0593 e. The van der Waals surface area contributed by atoms with Crippen molar-refractivity contribution in [1.82, 2.24) is 0 Å². The van der Waals surface area contributed by atoms with Crippen molar-refractivity contribution in [3.63, 3.8) is 0 Å². The van der Waals surface area contributed by atoms with E-state index < -0.39 is 0 Å². The fourth-order valence-corrected chi connectivity index (χ4v) is 1.13. The van der Waals surface area contributed by atoms with Crippen LogP contribution < -0.4 is 0 Å². The summed E-state index contributed by atoms with van der Waals surface area (Å²) in [5.74, 6) is 0. The second kappa shape index (κ2) is 1.65. The first kappa shape index (κ1) is 5.95. The molecule has 0 unspecified atom stereocenters. The van der Waals surface area contributed by atoms with E-state index in [1.165, 1.54) is 12.8 Å². The number of hydrogen-bond acceptors (Lipinski definition) is 1. The Bertz CT molecular complexity index is 105. The molecule has 1 aliphatic carbocycles. The maximum atomic E-state index is 4.98. The second-order valence-electron chi connectivity index (χ2n) is 2.33. The monoisotopic (exact) mass is 226 g/mol. The molecular weight excluding hydrogens is 219 g/mol. The summed E-state index contributed by atoms with van der Waals surface area (Å²) in [7, 11) is 0. The molecular formula is C5H7IS. The summed E-state index contributed by atoms with van der Waals surface area (Å²) in [6.07, 6.45) is 2.63. The molecule has 40 valence electrons. The van der Waals surface area contributed by atoms with Crippen LogP contribution in [0.5, 0.6) is 0 Å². The van der Waals surface area contributed by atoms with Gasteiger partial charge in [0.1, 0.15) is 0 Å². The van der Waals surface area contributed by atoms with Crippen LogP contribution in [0.1, 0.15) is 19.8 Å². The van der Waals surface area contributed by atoms with Gasteiger partial charge in [0.2, 0.25) is 0 Å². The zero-order chi connectivity index (χ0) is 5.49. The van der Waals surface area contributed by atoms with Gasteiger partial charge in [-0.1, -0.05) is 19.1 Å². The van der Waals surface area contributed by atoms with E-state index in [0.717, 1.165) is 2.87 Å². The third kappa shape index (κ3) is 1.13. The Morgan fingerprint density at radius 1 is 1.71 bits per heavy atom. The number of hydrogen-bond donors (Lipinski definition) is 0. The number of rotatable bonds is 1. The van der Waals surface area contributed by atoms with Crippen LogP contribution in [-0.2, 0) is 0 Å². The summed E-state index contributed by atoms with van der Waals surface area (Å²) in [5, 5.41) is 0. The lowest BCUT2D eigenvalue weighted by atomic mass is 10.2. The van der Waals surface area contributed by atoms with Gasteiger partial charge in [-0.05, 0) is 35.4 Å². The van der Waals surface area contributed by atoms with Crippen molar-refractivity contribution >= 4 is 37.7 Å². The molecule has 0 aliphatic heterocycles. The molecule has 0 bridgehead atoms. The topological polar surface area (TPSA) is 0 Å². The molecule has 0 aromatic carbocycles. The third-order valence-corrected chi connectivity index (χ3v) is 3.27. The quantitative estimate of drug-likeness (QED) is 0.376. The highest BCUT2D eigenvalue weighted by Crippen LogP contribution is 2.48. The minimum Gasteiger partial charge on any atom is -0.0772 e. The van der Waals surface area contributed by atoms with Gasteiger partial charge in [0, 0.05) is 5.41 Å². The zero-order valence-electron chi connectivity index (χ0n) is 4.20. The molecule has 0 heterocycles. The Balaban J connectivity index is 2.55. The molecule has 1 aliphatic rings. The van der Waals surface area contributed by atoms with E-state index in [-0.39, 0.29) is 0 Å². The van der Waals surface area contributed by atoms with E-state index in [2.05, 4.69) is 29.5 Å². The van der Waals surface area contributed by atoms with E-state index >= 15 is 0 Å². The van der Waals surface area contributed by atoms with Gasteiger partial charge in [-0.2, -0.15) is 0 Å². The molecule has 7 heavy (non-hydrogen) atoms. The van der Waals surface area contributed by atoms with Crippen LogP contribution in [0.25, 0.3) is 0 Å². The Kier molecular flexibility index (Phi) is 1.40. The lowest BCUT2D eigenvalue weighted by molar-refractivity contribution is 0.836. The van der Waals surface area contributed by atoms with E-state index in [4.69, 9.17) is 12.2 Å². The second-order valence-corrected chi connectivity index (χ2v) is 4.55. The molecule has 0 aromatic heterocycles. The van der Waals surface area contributed by atoms with Gasteiger partial charge in [0.05, 0.1) is 2.87 Å². The standard InChI is InChI=1S/C5H7IS/c1-5(2-3-5)4(6)7/h2-3H2,1H3. The van der Waals surface area contributed by atoms with Crippen LogP contribution in [0.4, 0.5) is 0 Å². The Labute approximate surface area is 62.8 Å². The van der Waals surface area contributed by atoms with Crippen LogP contribution in [0.15, 0.2) is 0 Å². The maximum absolute atomic E-state index is 4.98. The fraction of sp³-hybridized carbons (Fsp3) is 0.800. The molecule has 0 amide bonds. The summed E-state index contributed by atoms with van der Waals surface area (Å²) in [6.45, 7) is 2.22. The van der Waals surface area contributed by atoms with Crippen molar-refractivity contribution in [1.29, 1.82) is 0 Å². The minimum atomic E-state index is 0.468. The van der Waals surface area contributed by atoms with E-state index in [1.54, 1.807) is 0 Å². The molecule has 0 atom stereocenters. The Morgan fingerprint density at radius 3 is 2.14 bits per heavy atom. The lowest BCUT2D eigenvalue weighted by Crippen LogP contribution is -1.98. The molecule has 2 heteroatoms. The summed E-state index contributed by atoms with van der Waals surface area (Å²) < 4.78 is 1.16. The third-order valence-electron chi connectivity index (χ3n) is 1.47. The van der Waals surface area contributed by atoms with Gasteiger partial charge >= 0.3 is 0 Å². The fourth-order valence-electron chi connectivity index (χ4n) is 0.384. The zero-order valence-corrected chi connectivity index (χ0v) is 7.17. The van der Waals surface area contributed by atoms with Crippen molar-refractivity contribution in [2.75, 3.05) is 0 Å². The van der Waals surface area contributed by atoms with Gasteiger partial charge in [-0.25, -0.2) is 0 Å². The highest BCUT2D eigenvalue weighted by atomic mass is 127. The van der Waals surface area contributed by atoms with Crippen LogP contribution in [0.2, 0.25) is 0 Å². The molecule has 0 saturated heterocycles. The first-order valence-electron chi connectivity index (χ1n) is 2.35. The van der Waals surface area contributed by atoms with E-state index in [1.807, 2.05) is 0 Å². The summed E-state index contributed by atoms with van der Waals surface area (Å²) in [4.78, 5) is 0. The molecule has 0 radical (unpaired) electrons. The van der Waals surface area contributed by atoms with Crippen molar-refractivity contribution in [3.8, 4) is 0 Å². The van der Waals surface area contributed by atoms with E-state index in [0.29, 0.717) is 5.41 Å². The molecule has 1 saturated carbocycles. The SMILES string of the molecule is CC1(C(=S)I)CC1. The largest absolute Gasteiger partial charge is 0.0772 e. The lowest BCUT2D eigenvalue weighted by Gasteiger charge is -1.98. The highest BCUT2D eigenvalue weighted by molar-refractivity contribution is 14.1. The smallest absolute Gasteiger partial charge is 0.0593 e. The summed E-state index contributed by atoms with van der Waals surface area (Å²) >= 11 is 7.23. The molecule has 1 fully saturated rings. The normalized spacial score (nSPS) is 24.3. The van der Waals surface area contributed by atoms with Crippen LogP contribution in [0.3, 0.4) is 0 Å². The minimum absolute atomic E-state index is 0.468. The van der Waals surface area contributed by atoms with Gasteiger partial charge < -0.3 is 0 Å². The Morgan fingerprint density at radius 2 is 2.14 bits per heavy atom. The van der Waals surface area contributed by atoms with Crippen molar-refractivity contribution in [2.24, 2.45) is 5.41 Å². The summed E-state index contributed by atoms with van der Waals surface area (Å²) in [5.41, 5.74) is 0.468. The van der Waals surface area contributed by atoms with Crippen LogP contribution in [-0.4, -0.2) is 2.87 Å². The highest BCUT2D eigenvalue weighted by Gasteiger charge is 2.40. The van der Waals surface area contributed by atoms with Gasteiger partial charge in [0.25, 0.3) is 0 Å². The van der Waals surface area contributed by atoms with Gasteiger partial charge in [-0.15, -0.1) is 0 Å². The van der Waals surface area contributed by atoms with Crippen molar-refractivity contribution in [2.45, 2.75) is 19.8 Å². The first-order chi connectivity index (χ1) is 3.15. The average molecular weight is 226 g/mol. The predicted octanol–water partition coefficient (Wildman–Crippen LogP) is 2.55. The van der Waals surface area contributed by atoms with Crippen LogP contribution in [0, 0.1) is 5.41 Å². The average Bonchev–Trinajstić information content (AvgIpc) is 2.21. The predicted molar refractivity (Wildman–Crippen MR) is 44.0 cm³/mol. The first-order valence-corrected chi connectivity index (χ1v) is 3.84. The molecule has 0 nitrogen and oxygen atoms in total. The molecule has 1 rings (SSSR count). The molecule has 0 aromatic rings. The molecule has 0 spiro atoms. The van der Waals surface area contributed by atoms with Crippen molar-refractivity contribution < 1.29 is 0 Å². The summed E-state index contributed by atoms with van der Waals surface area (Å²) in [6, 6.07) is 0. The van der Waals surface area contributed by atoms with Crippen molar-refractivity contribution in [3.05, 3.63) is 0 Å².